The number of quaternary nitrogens is 1. The van der Waals surface area contributed by atoms with Gasteiger partial charge < -0.3 is 20.6 Å². The first-order valence-corrected chi connectivity index (χ1v) is 10.4. The second kappa shape index (κ2) is 6.96. The average molecular weight is 393 g/mol. The minimum absolute atomic E-state index is 0.0500. The molecule has 2 atom stereocenters. The highest BCUT2D eigenvalue weighted by molar-refractivity contribution is 7.16. The zero-order valence-electron chi connectivity index (χ0n) is 15.4. The van der Waals surface area contributed by atoms with Gasteiger partial charge in [-0.1, -0.05) is 48.5 Å². The zero-order valence-corrected chi connectivity index (χ0v) is 16.2. The molecule has 142 valence electrons. The first kappa shape index (κ1) is 17.3. The number of amides is 1. The van der Waals surface area contributed by atoms with Crippen molar-refractivity contribution in [2.75, 3.05) is 11.9 Å². The summed E-state index contributed by atoms with van der Waals surface area (Å²) in [5.41, 5.74) is 4.02. The van der Waals surface area contributed by atoms with Crippen molar-refractivity contribution in [2.24, 2.45) is 0 Å². The molecule has 0 saturated heterocycles. The van der Waals surface area contributed by atoms with Gasteiger partial charge in [0.15, 0.2) is 0 Å². The van der Waals surface area contributed by atoms with Crippen LogP contribution in [-0.2, 0) is 19.5 Å². The summed E-state index contributed by atoms with van der Waals surface area (Å²) in [7, 11) is 0. The summed E-state index contributed by atoms with van der Waals surface area (Å²) in [6.45, 7) is 2.97. The number of benzene rings is 2. The van der Waals surface area contributed by atoms with E-state index in [1.165, 1.54) is 20.9 Å². The summed E-state index contributed by atoms with van der Waals surface area (Å²) in [5.74, 6) is 0.134. The van der Waals surface area contributed by atoms with Gasteiger partial charge in [-0.15, -0.1) is 11.3 Å². The number of hydrogen-bond acceptors (Lipinski definition) is 4. The lowest BCUT2D eigenvalue weighted by molar-refractivity contribution is -0.929. The van der Waals surface area contributed by atoms with E-state index in [9.17, 15) is 9.90 Å². The number of phenols is 1. The van der Waals surface area contributed by atoms with E-state index in [1.54, 1.807) is 23.5 Å². The van der Waals surface area contributed by atoms with Crippen molar-refractivity contribution in [3.05, 3.63) is 81.7 Å². The Balaban J connectivity index is 1.40. The average Bonchev–Trinajstić information content (AvgIpc) is 3.07. The molecule has 0 aliphatic carbocycles. The van der Waals surface area contributed by atoms with Crippen LogP contribution < -0.4 is 15.5 Å². The first-order chi connectivity index (χ1) is 13.7. The molecule has 3 aromatic rings. The number of carbonyl (C=O) groups is 1. The topological polar surface area (TPSA) is 65.8 Å². The van der Waals surface area contributed by atoms with Crippen LogP contribution >= 0.6 is 11.3 Å². The Morgan fingerprint density at radius 3 is 2.68 bits per heavy atom. The minimum atomic E-state index is -0.408. The number of carbonyl (C=O) groups excluding carboxylic acids is 1. The molecular weight excluding hydrogens is 370 g/mol. The molecule has 2 aliphatic rings. The summed E-state index contributed by atoms with van der Waals surface area (Å²) in [4.78, 5) is 15.7. The fraction of sp³-hybridized carbons (Fsp3) is 0.227. The second-order valence-electron chi connectivity index (χ2n) is 7.41. The van der Waals surface area contributed by atoms with Gasteiger partial charge in [0.1, 0.15) is 30.0 Å². The zero-order chi connectivity index (χ0) is 19.1. The standard InChI is InChI=1S/C22H21N3O2S/c26-17-9-5-4-8-15(17)20-23-21(27)19-16-10-11-25(12-14-6-2-1-3-7-14)13-18(16)28-22(19)24-20/h1-9,20,24,26H,10-13H2,(H,23,27)/p+1/t20-/m0/s1. The van der Waals surface area contributed by atoms with Gasteiger partial charge in [0.25, 0.3) is 5.91 Å². The lowest BCUT2D eigenvalue weighted by Crippen LogP contribution is -3.10. The third-order valence-corrected chi connectivity index (χ3v) is 6.72. The Labute approximate surface area is 167 Å². The second-order valence-corrected chi connectivity index (χ2v) is 8.51. The Morgan fingerprint density at radius 2 is 1.86 bits per heavy atom. The molecule has 3 heterocycles. The highest BCUT2D eigenvalue weighted by Crippen LogP contribution is 2.40. The number of nitrogens with one attached hydrogen (secondary N) is 3. The van der Waals surface area contributed by atoms with Crippen molar-refractivity contribution < 1.29 is 14.8 Å². The summed E-state index contributed by atoms with van der Waals surface area (Å²) in [5, 5.41) is 17.5. The molecule has 0 spiro atoms. The van der Waals surface area contributed by atoms with Gasteiger partial charge in [-0.25, -0.2) is 0 Å². The number of phenolic OH excluding ortho intramolecular Hbond substituents is 1. The molecule has 5 rings (SSSR count). The highest BCUT2D eigenvalue weighted by Gasteiger charge is 2.35. The van der Waals surface area contributed by atoms with E-state index in [0.717, 1.165) is 36.6 Å². The maximum atomic E-state index is 12.9. The largest absolute Gasteiger partial charge is 0.508 e. The molecule has 1 unspecified atom stereocenters. The Kier molecular flexibility index (Phi) is 4.30. The van der Waals surface area contributed by atoms with Crippen LogP contribution in [-0.4, -0.2) is 17.6 Å². The quantitative estimate of drug-likeness (QED) is 0.554. The van der Waals surface area contributed by atoms with E-state index in [-0.39, 0.29) is 11.7 Å². The van der Waals surface area contributed by atoms with Crippen molar-refractivity contribution in [1.82, 2.24) is 5.32 Å². The van der Waals surface area contributed by atoms with Crippen molar-refractivity contribution >= 4 is 22.2 Å². The van der Waals surface area contributed by atoms with E-state index >= 15 is 0 Å². The minimum Gasteiger partial charge on any atom is -0.508 e. The normalized spacial score (nSPS) is 20.6. The Hall–Kier alpha value is -2.83. The van der Waals surface area contributed by atoms with Gasteiger partial charge in [0.05, 0.1) is 17.0 Å². The number of para-hydroxylation sites is 1. The molecule has 0 bridgehead atoms. The van der Waals surface area contributed by atoms with E-state index < -0.39 is 6.17 Å². The Morgan fingerprint density at radius 1 is 1.07 bits per heavy atom. The van der Waals surface area contributed by atoms with Crippen molar-refractivity contribution in [3.8, 4) is 5.75 Å². The predicted molar refractivity (Wildman–Crippen MR) is 110 cm³/mol. The number of fused-ring (bicyclic) bond motifs is 3. The van der Waals surface area contributed by atoms with Crippen LogP contribution in [0.3, 0.4) is 0 Å². The molecule has 28 heavy (non-hydrogen) atoms. The van der Waals surface area contributed by atoms with Gasteiger partial charge in [-0.05, 0) is 11.6 Å². The van der Waals surface area contributed by atoms with Gasteiger partial charge in [-0.2, -0.15) is 0 Å². The SMILES string of the molecule is O=C1N[C@H](c2ccccc2O)Nc2sc3c(c21)CC[NH+](Cc1ccccc1)C3. The number of rotatable bonds is 3. The van der Waals surface area contributed by atoms with E-state index in [2.05, 4.69) is 34.9 Å². The van der Waals surface area contributed by atoms with Crippen LogP contribution in [0.25, 0.3) is 0 Å². The van der Waals surface area contributed by atoms with E-state index in [4.69, 9.17) is 0 Å². The van der Waals surface area contributed by atoms with Crippen LogP contribution in [0.2, 0.25) is 0 Å². The molecular formula is C22H22N3O2S+. The Bertz CT molecular complexity index is 1030. The van der Waals surface area contributed by atoms with Gasteiger partial charge >= 0.3 is 0 Å². The van der Waals surface area contributed by atoms with Crippen LogP contribution in [0, 0.1) is 0 Å². The summed E-state index contributed by atoms with van der Waals surface area (Å²) in [6, 6.07) is 17.7. The lowest BCUT2D eigenvalue weighted by atomic mass is 10.00. The summed E-state index contributed by atoms with van der Waals surface area (Å²) in [6.07, 6.45) is 0.508. The molecule has 6 heteroatoms. The third kappa shape index (κ3) is 3.04. The van der Waals surface area contributed by atoms with Crippen LogP contribution in [0.5, 0.6) is 5.75 Å². The number of hydrogen-bond donors (Lipinski definition) is 4. The molecule has 1 aromatic heterocycles. The van der Waals surface area contributed by atoms with Crippen LogP contribution in [0.4, 0.5) is 5.00 Å². The van der Waals surface area contributed by atoms with Gasteiger partial charge in [0.2, 0.25) is 0 Å². The monoisotopic (exact) mass is 392 g/mol. The smallest absolute Gasteiger partial charge is 0.256 e. The first-order valence-electron chi connectivity index (χ1n) is 9.56. The van der Waals surface area contributed by atoms with E-state index in [1.807, 2.05) is 18.2 Å². The maximum absolute atomic E-state index is 12.9. The lowest BCUT2D eigenvalue weighted by Gasteiger charge is -2.27. The fourth-order valence-electron chi connectivity index (χ4n) is 4.17. The third-order valence-electron chi connectivity index (χ3n) is 5.55. The fourth-order valence-corrected chi connectivity index (χ4v) is 5.52. The molecule has 1 amide bonds. The maximum Gasteiger partial charge on any atom is 0.256 e. The van der Waals surface area contributed by atoms with E-state index in [0.29, 0.717) is 5.56 Å². The summed E-state index contributed by atoms with van der Waals surface area (Å²) < 4.78 is 0. The number of thiophene rings is 1. The van der Waals surface area contributed by atoms with Crippen molar-refractivity contribution in [3.63, 3.8) is 0 Å². The predicted octanol–water partition coefficient (Wildman–Crippen LogP) is 2.45. The van der Waals surface area contributed by atoms with Gasteiger partial charge in [-0.3, -0.25) is 4.79 Å². The van der Waals surface area contributed by atoms with Crippen LogP contribution in [0.1, 0.15) is 38.1 Å². The highest BCUT2D eigenvalue weighted by atomic mass is 32.1. The van der Waals surface area contributed by atoms with Crippen molar-refractivity contribution in [2.45, 2.75) is 25.7 Å². The van der Waals surface area contributed by atoms with Gasteiger partial charge in [0, 0.05) is 17.5 Å². The molecule has 5 nitrogen and oxygen atoms in total. The summed E-state index contributed by atoms with van der Waals surface area (Å²) >= 11 is 1.69. The molecule has 0 radical (unpaired) electrons. The molecule has 0 saturated carbocycles. The van der Waals surface area contributed by atoms with Crippen LogP contribution in [0.15, 0.2) is 54.6 Å². The molecule has 2 aliphatic heterocycles. The number of anilines is 1. The van der Waals surface area contributed by atoms with Crippen molar-refractivity contribution in [1.29, 1.82) is 0 Å². The molecule has 2 aromatic carbocycles. The molecule has 4 N–H and O–H groups in total. The molecule has 0 fully saturated rings. The number of aromatic hydroxyl groups is 1.